The quantitative estimate of drug-likeness (QED) is 0.788. The number of carbonyl (C=O) groups is 1. The summed E-state index contributed by atoms with van der Waals surface area (Å²) in [7, 11) is 1.61. The molecule has 1 aliphatic rings. The molecule has 0 unspecified atom stereocenters. The summed E-state index contributed by atoms with van der Waals surface area (Å²) in [6, 6.07) is 6.12. The zero-order valence-electron chi connectivity index (χ0n) is 13.3. The van der Waals surface area contributed by atoms with Gasteiger partial charge in [0.05, 0.1) is 18.5 Å². The predicted molar refractivity (Wildman–Crippen MR) is 88.1 cm³/mol. The van der Waals surface area contributed by atoms with Gasteiger partial charge in [-0.15, -0.1) is 0 Å². The Morgan fingerprint density at radius 1 is 1.42 bits per heavy atom. The minimum atomic E-state index is -0.0888. The average molecular weight is 323 g/mol. The summed E-state index contributed by atoms with van der Waals surface area (Å²) in [6.45, 7) is 0.927. The summed E-state index contributed by atoms with van der Waals surface area (Å²) in [5.41, 5.74) is 3.10. The molecule has 4 rings (SSSR count). The summed E-state index contributed by atoms with van der Waals surface area (Å²) in [4.78, 5) is 16.0. The fraction of sp³-hybridized carbons (Fsp3) is 0.235. The molecule has 1 aliphatic heterocycles. The van der Waals surface area contributed by atoms with E-state index in [1.165, 1.54) is 5.56 Å². The largest absolute Gasteiger partial charge is 0.493 e. The van der Waals surface area contributed by atoms with Crippen molar-refractivity contribution < 1.29 is 9.53 Å². The molecule has 0 radical (unpaired) electrons. The van der Waals surface area contributed by atoms with Gasteiger partial charge in [0, 0.05) is 37.6 Å². The second-order valence-corrected chi connectivity index (χ2v) is 5.61. The van der Waals surface area contributed by atoms with Gasteiger partial charge in [-0.25, -0.2) is 4.98 Å². The molecule has 122 valence electrons. The smallest absolute Gasteiger partial charge is 0.241 e. The molecule has 1 aromatic carbocycles. The van der Waals surface area contributed by atoms with Crippen molar-refractivity contribution in [1.29, 1.82) is 0 Å². The van der Waals surface area contributed by atoms with Crippen molar-refractivity contribution in [3.63, 3.8) is 0 Å². The molecule has 0 bridgehead atoms. The molecular formula is C17H17N5O2. The first-order chi connectivity index (χ1) is 11.7. The number of imidazole rings is 1. The number of rotatable bonds is 4. The number of likely N-dealkylation sites (N-methyl/N-ethyl adjacent to an activating group) is 1. The van der Waals surface area contributed by atoms with Gasteiger partial charge in [0.2, 0.25) is 5.91 Å². The highest BCUT2D eigenvalue weighted by molar-refractivity contribution is 5.75. The number of nitrogens with zero attached hydrogens (tertiary/aromatic N) is 4. The Labute approximate surface area is 138 Å². The van der Waals surface area contributed by atoms with Crippen LogP contribution in [0, 0.1) is 0 Å². The number of aromatic nitrogens is 4. The van der Waals surface area contributed by atoms with E-state index in [1.54, 1.807) is 24.1 Å². The third-order valence-corrected chi connectivity index (χ3v) is 4.07. The standard InChI is InChI=1S/C17H17N5O2/c1-18-16(23)11-21-10-14(9-20-21)22-6-5-19-17(22)13-2-3-15-12(8-13)4-7-24-15/h2-3,5-6,8-10H,4,7,11H2,1H3,(H,18,23). The van der Waals surface area contributed by atoms with Crippen LogP contribution in [0.5, 0.6) is 5.75 Å². The molecule has 0 saturated heterocycles. The molecule has 7 nitrogen and oxygen atoms in total. The van der Waals surface area contributed by atoms with Crippen molar-refractivity contribution in [3.8, 4) is 22.8 Å². The highest BCUT2D eigenvalue weighted by atomic mass is 16.5. The lowest BCUT2D eigenvalue weighted by Crippen LogP contribution is -2.23. The van der Waals surface area contributed by atoms with E-state index in [4.69, 9.17) is 4.74 Å². The first-order valence-corrected chi connectivity index (χ1v) is 7.77. The van der Waals surface area contributed by atoms with Crippen LogP contribution >= 0.6 is 0 Å². The SMILES string of the molecule is CNC(=O)Cn1cc(-n2ccnc2-c2ccc3c(c2)CCO3)cn1. The van der Waals surface area contributed by atoms with E-state index in [-0.39, 0.29) is 12.5 Å². The van der Waals surface area contributed by atoms with Crippen LogP contribution in [0.15, 0.2) is 43.0 Å². The highest BCUT2D eigenvalue weighted by Gasteiger charge is 2.16. The molecule has 0 spiro atoms. The molecule has 24 heavy (non-hydrogen) atoms. The number of carbonyl (C=O) groups excluding carboxylic acids is 1. The van der Waals surface area contributed by atoms with Gasteiger partial charge in [0.1, 0.15) is 18.1 Å². The third kappa shape index (κ3) is 2.54. The van der Waals surface area contributed by atoms with Crippen LogP contribution < -0.4 is 10.1 Å². The van der Waals surface area contributed by atoms with Gasteiger partial charge in [0.25, 0.3) is 0 Å². The molecule has 2 aromatic heterocycles. The molecule has 7 heteroatoms. The Hall–Kier alpha value is -3.09. The van der Waals surface area contributed by atoms with Crippen LogP contribution in [0.1, 0.15) is 5.56 Å². The van der Waals surface area contributed by atoms with E-state index < -0.39 is 0 Å². The fourth-order valence-electron chi connectivity index (χ4n) is 2.84. The Morgan fingerprint density at radius 2 is 2.33 bits per heavy atom. The predicted octanol–water partition coefficient (Wildman–Crippen LogP) is 1.42. The zero-order valence-corrected chi connectivity index (χ0v) is 13.3. The maximum Gasteiger partial charge on any atom is 0.241 e. The third-order valence-electron chi connectivity index (χ3n) is 4.07. The van der Waals surface area contributed by atoms with Crippen molar-refractivity contribution in [3.05, 3.63) is 48.5 Å². The number of hydrogen-bond acceptors (Lipinski definition) is 4. The van der Waals surface area contributed by atoms with Gasteiger partial charge < -0.3 is 10.1 Å². The molecule has 3 aromatic rings. The normalized spacial score (nSPS) is 12.7. The number of fused-ring (bicyclic) bond motifs is 1. The molecule has 0 saturated carbocycles. The summed E-state index contributed by atoms with van der Waals surface area (Å²) in [5.74, 6) is 1.70. The van der Waals surface area contributed by atoms with E-state index in [2.05, 4.69) is 21.5 Å². The lowest BCUT2D eigenvalue weighted by atomic mass is 10.1. The maximum atomic E-state index is 11.5. The lowest BCUT2D eigenvalue weighted by Gasteiger charge is -2.07. The van der Waals surface area contributed by atoms with E-state index >= 15 is 0 Å². The highest BCUT2D eigenvalue weighted by Crippen LogP contribution is 2.30. The minimum absolute atomic E-state index is 0.0888. The van der Waals surface area contributed by atoms with Gasteiger partial charge >= 0.3 is 0 Å². The van der Waals surface area contributed by atoms with E-state index in [1.807, 2.05) is 29.1 Å². The number of ether oxygens (including phenoxy) is 1. The van der Waals surface area contributed by atoms with Crippen LogP contribution in [-0.2, 0) is 17.8 Å². The van der Waals surface area contributed by atoms with Gasteiger partial charge in [0.15, 0.2) is 0 Å². The van der Waals surface area contributed by atoms with Crippen LogP contribution in [0.25, 0.3) is 17.1 Å². The maximum absolute atomic E-state index is 11.5. The molecule has 0 aliphatic carbocycles. The molecular weight excluding hydrogens is 306 g/mol. The monoisotopic (exact) mass is 323 g/mol. The molecule has 3 heterocycles. The van der Waals surface area contributed by atoms with E-state index in [0.29, 0.717) is 0 Å². The molecule has 1 amide bonds. The number of nitrogens with one attached hydrogen (secondary N) is 1. The fourth-order valence-corrected chi connectivity index (χ4v) is 2.84. The lowest BCUT2D eigenvalue weighted by molar-refractivity contribution is -0.121. The van der Waals surface area contributed by atoms with Gasteiger partial charge in [-0.2, -0.15) is 5.10 Å². The van der Waals surface area contributed by atoms with Crippen molar-refractivity contribution >= 4 is 5.91 Å². The molecule has 0 fully saturated rings. The van der Waals surface area contributed by atoms with Gasteiger partial charge in [-0.05, 0) is 23.8 Å². The summed E-state index contributed by atoms with van der Waals surface area (Å²) >= 11 is 0. The first-order valence-electron chi connectivity index (χ1n) is 7.77. The van der Waals surface area contributed by atoms with Gasteiger partial charge in [-0.1, -0.05) is 0 Å². The number of hydrogen-bond donors (Lipinski definition) is 1. The summed E-state index contributed by atoms with van der Waals surface area (Å²) in [6.07, 6.45) is 8.13. The summed E-state index contributed by atoms with van der Waals surface area (Å²) in [5, 5.41) is 6.83. The van der Waals surface area contributed by atoms with Crippen LogP contribution in [0.4, 0.5) is 0 Å². The Balaban J connectivity index is 1.67. The van der Waals surface area contributed by atoms with Crippen LogP contribution in [0.3, 0.4) is 0 Å². The minimum Gasteiger partial charge on any atom is -0.493 e. The van der Waals surface area contributed by atoms with E-state index in [0.717, 1.165) is 35.9 Å². The average Bonchev–Trinajstić information content (AvgIpc) is 3.33. The molecule has 0 atom stereocenters. The number of benzene rings is 1. The van der Waals surface area contributed by atoms with Gasteiger partial charge in [-0.3, -0.25) is 14.0 Å². The second-order valence-electron chi connectivity index (χ2n) is 5.61. The number of amides is 1. The van der Waals surface area contributed by atoms with Crippen molar-refractivity contribution in [2.24, 2.45) is 0 Å². The van der Waals surface area contributed by atoms with Crippen LogP contribution in [-0.4, -0.2) is 38.9 Å². The Bertz CT molecular complexity index is 896. The van der Waals surface area contributed by atoms with Crippen molar-refractivity contribution in [2.75, 3.05) is 13.7 Å². The van der Waals surface area contributed by atoms with Crippen molar-refractivity contribution in [1.82, 2.24) is 24.6 Å². The van der Waals surface area contributed by atoms with Crippen LogP contribution in [0.2, 0.25) is 0 Å². The Kier molecular flexibility index (Phi) is 3.53. The second kappa shape index (κ2) is 5.84. The summed E-state index contributed by atoms with van der Waals surface area (Å²) < 4.78 is 9.13. The zero-order chi connectivity index (χ0) is 16.5. The van der Waals surface area contributed by atoms with Crippen molar-refractivity contribution in [2.45, 2.75) is 13.0 Å². The first kappa shape index (κ1) is 14.5. The Morgan fingerprint density at radius 3 is 3.21 bits per heavy atom. The molecule has 1 N–H and O–H groups in total. The van der Waals surface area contributed by atoms with E-state index in [9.17, 15) is 4.79 Å². The topological polar surface area (TPSA) is 74.0 Å².